The van der Waals surface area contributed by atoms with Crippen LogP contribution in [0.25, 0.3) is 11.3 Å². The van der Waals surface area contributed by atoms with Gasteiger partial charge in [-0.2, -0.15) is 13.5 Å². The number of nitrogen functional groups attached to an aromatic ring is 1. The maximum Gasteiger partial charge on any atom is 0.418 e. The van der Waals surface area contributed by atoms with Gasteiger partial charge in [-0.3, -0.25) is 24.3 Å². The van der Waals surface area contributed by atoms with E-state index in [0.717, 1.165) is 29.0 Å². The second kappa shape index (κ2) is 15.6. The van der Waals surface area contributed by atoms with Gasteiger partial charge in [0.2, 0.25) is 5.62 Å². The topological polar surface area (TPSA) is 280 Å². The van der Waals surface area contributed by atoms with Crippen molar-refractivity contribution in [2.24, 2.45) is 17.9 Å². The second-order valence-electron chi connectivity index (χ2n) is 10.2. The third-order valence-corrected chi connectivity index (χ3v) is 7.69. The van der Waals surface area contributed by atoms with E-state index < -0.39 is 33.8 Å². The molecule has 3 aromatic rings. The van der Waals surface area contributed by atoms with Crippen molar-refractivity contribution in [2.75, 3.05) is 25.5 Å². The van der Waals surface area contributed by atoms with Crippen LogP contribution in [0.15, 0.2) is 41.0 Å². The minimum absolute atomic E-state index is 0.0524. The van der Waals surface area contributed by atoms with Crippen molar-refractivity contribution in [3.05, 3.63) is 47.2 Å². The van der Waals surface area contributed by atoms with Crippen LogP contribution < -0.4 is 27.1 Å². The average molecular weight is 698 g/mol. The number of amides is 2. The smallest absolute Gasteiger partial charge is 0.418 e. The molecule has 1 aliphatic rings. The monoisotopic (exact) mass is 697 g/mol. The summed E-state index contributed by atoms with van der Waals surface area (Å²) < 4.78 is 44.7. The van der Waals surface area contributed by atoms with Gasteiger partial charge in [-0.1, -0.05) is 5.16 Å². The predicted molar refractivity (Wildman–Crippen MR) is 167 cm³/mol. The standard InChI is InChI=1S/C25H33N9O8S2.CH2O2/c1-25(2)20(22(36)34(25)42-44(37,38)39)30-21(35)19(17-14-43-23(27)29-17)31-41-12-11-40-16-7-5-15(6-8-16)18-13-33(10-4-9-26)24(28)32(18)3;2-1-3/h5-8,13-14,20,28H,4,9-12,26H2,1-3H3,(H2,27,29)(H,30,35)(H,37,38,39);1H,(H,2,3)/b28-24?,31-19-;. The van der Waals surface area contributed by atoms with Crippen molar-refractivity contribution >= 4 is 50.9 Å². The van der Waals surface area contributed by atoms with E-state index in [4.69, 9.17) is 40.9 Å². The maximum atomic E-state index is 13.1. The van der Waals surface area contributed by atoms with E-state index in [1.54, 1.807) is 16.7 Å². The Kier molecular flexibility index (Phi) is 12.2. The Hall–Kier alpha value is -4.83. The van der Waals surface area contributed by atoms with Crippen LogP contribution in [0.3, 0.4) is 0 Å². The van der Waals surface area contributed by atoms with Crippen LogP contribution >= 0.6 is 11.3 Å². The molecule has 3 heterocycles. The van der Waals surface area contributed by atoms with E-state index in [9.17, 15) is 18.0 Å². The van der Waals surface area contributed by atoms with Gasteiger partial charge >= 0.3 is 10.4 Å². The molecule has 1 atom stereocenters. The van der Waals surface area contributed by atoms with Crippen molar-refractivity contribution in [3.8, 4) is 17.0 Å². The van der Waals surface area contributed by atoms with E-state index in [1.165, 1.54) is 19.2 Å². The Labute approximate surface area is 272 Å². The van der Waals surface area contributed by atoms with Crippen LogP contribution in [0, 0.1) is 5.41 Å². The number of aryl methyl sites for hydroxylation is 1. The zero-order valence-electron chi connectivity index (χ0n) is 25.5. The van der Waals surface area contributed by atoms with E-state index in [2.05, 4.69) is 19.7 Å². The van der Waals surface area contributed by atoms with Crippen LogP contribution in [0.5, 0.6) is 5.75 Å². The Morgan fingerprint density at radius 3 is 2.49 bits per heavy atom. The summed E-state index contributed by atoms with van der Waals surface area (Å²) in [7, 11) is -3.13. The van der Waals surface area contributed by atoms with Crippen LogP contribution in [0.2, 0.25) is 0 Å². The normalized spacial score (nSPS) is 15.7. The fraction of sp³-hybridized carbons (Fsp3) is 0.385. The molecule has 1 unspecified atom stereocenters. The summed E-state index contributed by atoms with van der Waals surface area (Å²) in [4.78, 5) is 43.2. The first-order valence-corrected chi connectivity index (χ1v) is 15.9. The van der Waals surface area contributed by atoms with Gasteiger partial charge in [0.25, 0.3) is 18.3 Å². The number of nitrogens with zero attached hydrogens (tertiary/aromatic N) is 5. The summed E-state index contributed by atoms with van der Waals surface area (Å²) in [5, 5.41) is 23.6. The molecule has 0 saturated carbocycles. The molecule has 0 radical (unpaired) electrons. The Balaban J connectivity index is 0.00000192. The number of anilines is 1. The lowest BCUT2D eigenvalue weighted by Gasteiger charge is -2.50. The number of hydrogen-bond donors (Lipinski definition) is 6. The van der Waals surface area contributed by atoms with Crippen molar-refractivity contribution < 1.29 is 46.3 Å². The van der Waals surface area contributed by atoms with Gasteiger partial charge < -0.3 is 40.6 Å². The second-order valence-corrected chi connectivity index (χ2v) is 12.1. The molecular formula is C26H35N9O10S2. The number of carbonyl (C=O) groups excluding carboxylic acids is 2. The van der Waals surface area contributed by atoms with Gasteiger partial charge in [-0.15, -0.1) is 15.6 Å². The highest BCUT2D eigenvalue weighted by atomic mass is 32.3. The molecule has 0 bridgehead atoms. The number of oxime groups is 1. The van der Waals surface area contributed by atoms with Gasteiger partial charge in [-0.25, -0.2) is 4.98 Å². The summed E-state index contributed by atoms with van der Waals surface area (Å²) >= 11 is 1.06. The summed E-state index contributed by atoms with van der Waals surface area (Å²) in [6.07, 6.45) is 2.68. The number of nitrogens with one attached hydrogen (secondary N) is 2. The molecule has 1 aromatic carbocycles. The lowest BCUT2D eigenvalue weighted by atomic mass is 9.84. The minimum atomic E-state index is -4.95. The summed E-state index contributed by atoms with van der Waals surface area (Å²) in [6, 6.07) is 6.10. The summed E-state index contributed by atoms with van der Waals surface area (Å²) in [5.41, 5.74) is 11.9. The van der Waals surface area contributed by atoms with E-state index >= 15 is 0 Å². The Morgan fingerprint density at radius 2 is 1.94 bits per heavy atom. The zero-order valence-corrected chi connectivity index (χ0v) is 27.2. The first kappa shape index (κ1) is 36.6. The molecule has 2 amide bonds. The number of benzene rings is 1. The van der Waals surface area contributed by atoms with Crippen LogP contribution in [-0.2, 0) is 47.5 Å². The van der Waals surface area contributed by atoms with E-state index in [-0.39, 0.29) is 36.2 Å². The number of hydrogen-bond acceptors (Lipinski definition) is 14. The number of ether oxygens (including phenoxy) is 1. The molecule has 4 rings (SSSR count). The summed E-state index contributed by atoms with van der Waals surface area (Å²) in [6.45, 7) is 3.83. The molecule has 19 nitrogen and oxygen atoms in total. The fourth-order valence-corrected chi connectivity index (χ4v) is 5.35. The molecule has 256 valence electrons. The number of carboxylic acid groups (broad SMARTS) is 1. The maximum absolute atomic E-state index is 13.1. The molecular weight excluding hydrogens is 662 g/mol. The van der Waals surface area contributed by atoms with Gasteiger partial charge in [0.05, 0.1) is 11.2 Å². The van der Waals surface area contributed by atoms with Crippen molar-refractivity contribution in [1.29, 1.82) is 5.41 Å². The molecule has 1 fully saturated rings. The lowest BCUT2D eigenvalue weighted by Crippen LogP contribution is -2.76. The number of β-lactam (4-membered cyclic amide) rings is 1. The van der Waals surface area contributed by atoms with Crippen molar-refractivity contribution in [2.45, 2.75) is 38.4 Å². The number of rotatable bonds is 14. The van der Waals surface area contributed by atoms with Gasteiger partial charge in [-0.05, 0) is 56.6 Å². The molecule has 1 saturated heterocycles. The highest BCUT2D eigenvalue weighted by Crippen LogP contribution is 2.33. The number of carbonyl (C=O) groups is 3. The van der Waals surface area contributed by atoms with Crippen LogP contribution in [0.4, 0.5) is 5.13 Å². The van der Waals surface area contributed by atoms with Crippen LogP contribution in [0.1, 0.15) is 26.0 Å². The van der Waals surface area contributed by atoms with E-state index in [0.29, 0.717) is 29.5 Å². The average Bonchev–Trinajstić information content (AvgIpc) is 3.57. The molecule has 21 heteroatoms. The zero-order chi connectivity index (χ0) is 34.9. The third kappa shape index (κ3) is 9.13. The quantitative estimate of drug-likeness (QED) is 0.0316. The first-order valence-electron chi connectivity index (χ1n) is 13.7. The highest BCUT2D eigenvalue weighted by Gasteiger charge is 2.58. The third-order valence-electron chi connectivity index (χ3n) is 6.68. The predicted octanol–water partition coefficient (Wildman–Crippen LogP) is -0.299. The minimum Gasteiger partial charge on any atom is -0.490 e. The number of hydroxylamine groups is 2. The van der Waals surface area contributed by atoms with Crippen molar-refractivity contribution in [1.82, 2.24) is 24.5 Å². The molecule has 47 heavy (non-hydrogen) atoms. The lowest BCUT2D eigenvalue weighted by molar-refractivity contribution is -0.218. The molecule has 0 aliphatic carbocycles. The van der Waals surface area contributed by atoms with Gasteiger partial charge in [0.1, 0.15) is 24.1 Å². The molecule has 8 N–H and O–H groups in total. The Morgan fingerprint density at radius 1 is 1.28 bits per heavy atom. The number of aromatic nitrogens is 3. The highest BCUT2D eigenvalue weighted by molar-refractivity contribution is 7.80. The number of imidazole rings is 1. The van der Waals surface area contributed by atoms with Gasteiger partial charge in [0, 0.05) is 25.2 Å². The van der Waals surface area contributed by atoms with Crippen molar-refractivity contribution in [3.63, 3.8) is 0 Å². The molecule has 0 spiro atoms. The fourth-order valence-electron chi connectivity index (χ4n) is 4.35. The molecule has 1 aliphatic heterocycles. The van der Waals surface area contributed by atoms with Crippen LogP contribution in [-0.4, -0.2) is 92.6 Å². The Bertz CT molecular complexity index is 1770. The largest absolute Gasteiger partial charge is 0.490 e. The molecule has 2 aromatic heterocycles. The number of thiazole rings is 1. The first-order chi connectivity index (χ1) is 22.1. The SMILES string of the molecule is Cn1c(-c2ccc(OCCO/N=C(\C(=O)NC3C(=O)N(OS(=O)(=O)O)C3(C)C)c3csc(N)n3)cc2)cn(CCCN)c1=N.O=CO. The number of nitrogens with two attached hydrogens (primary N) is 2. The summed E-state index contributed by atoms with van der Waals surface area (Å²) in [5.74, 6) is -1.19. The van der Waals surface area contributed by atoms with E-state index in [1.807, 2.05) is 29.9 Å². The van der Waals surface area contributed by atoms with Gasteiger partial charge in [0.15, 0.2) is 17.5 Å².